The normalized spacial score (nSPS) is 14.7. The van der Waals surface area contributed by atoms with E-state index in [0.717, 1.165) is 0 Å². The average Bonchev–Trinajstić information content (AvgIpc) is 2.77. The van der Waals surface area contributed by atoms with E-state index in [0.29, 0.717) is 0 Å². The molecule has 0 spiro atoms. The van der Waals surface area contributed by atoms with Gasteiger partial charge in [0.15, 0.2) is 0 Å². The zero-order chi connectivity index (χ0) is 15.4. The number of nitrogens with zero attached hydrogens (tertiary/aromatic N) is 3. The predicted octanol–water partition coefficient (Wildman–Crippen LogP) is 1.17. The number of aromatic nitrogens is 3. The molecule has 1 heterocycles. The molecule has 0 aliphatic heterocycles. The largest absolute Gasteiger partial charge is 0.390 e. The Morgan fingerprint density at radius 2 is 1.80 bits per heavy atom. The zero-order valence-corrected chi connectivity index (χ0v) is 11.9. The van der Waals surface area contributed by atoms with Crippen LogP contribution in [0.1, 0.15) is 20.3 Å². The lowest BCUT2D eigenvalue weighted by atomic mass is 10.1. The van der Waals surface area contributed by atoms with E-state index in [9.17, 15) is 21.6 Å². The second-order valence-electron chi connectivity index (χ2n) is 4.74. The molecule has 0 aliphatic rings. The fourth-order valence-corrected chi connectivity index (χ4v) is 2.86. The summed E-state index contributed by atoms with van der Waals surface area (Å²) >= 11 is 0. The predicted molar refractivity (Wildman–Crippen MR) is 66.2 cm³/mol. The molecule has 0 fully saturated rings. The molecule has 6 nitrogen and oxygen atoms in total. The minimum absolute atomic E-state index is 0.110. The third kappa shape index (κ3) is 6.33. The van der Waals surface area contributed by atoms with Gasteiger partial charge >= 0.3 is 6.18 Å². The number of halogens is 3. The Kier molecular flexibility index (Phi) is 5.51. The highest BCUT2D eigenvalue weighted by Gasteiger charge is 2.31. The Labute approximate surface area is 115 Å². The van der Waals surface area contributed by atoms with E-state index in [1.54, 1.807) is 13.8 Å². The van der Waals surface area contributed by atoms with Gasteiger partial charge in [0, 0.05) is 6.04 Å². The van der Waals surface area contributed by atoms with Crippen molar-refractivity contribution in [1.82, 2.24) is 19.7 Å². The minimum Gasteiger partial charge on any atom is -0.212 e. The summed E-state index contributed by atoms with van der Waals surface area (Å²) in [5.41, 5.74) is 0. The first-order chi connectivity index (χ1) is 9.09. The highest BCUT2D eigenvalue weighted by Crippen LogP contribution is 2.20. The molecule has 0 saturated heterocycles. The van der Waals surface area contributed by atoms with Crippen molar-refractivity contribution in [3.8, 4) is 0 Å². The summed E-state index contributed by atoms with van der Waals surface area (Å²) in [6, 6.07) is -0.569. The maximum absolute atomic E-state index is 12.1. The van der Waals surface area contributed by atoms with E-state index in [1.807, 2.05) is 0 Å². The molecule has 1 atom stereocenters. The lowest BCUT2D eigenvalue weighted by Gasteiger charge is -2.21. The number of hydrogen-bond acceptors (Lipinski definition) is 4. The summed E-state index contributed by atoms with van der Waals surface area (Å²) in [7, 11) is -4.00. The summed E-state index contributed by atoms with van der Waals surface area (Å²) in [6.45, 7) is 3.69. The number of alkyl halides is 3. The molecule has 0 radical (unpaired) electrons. The number of nitrogens with one attached hydrogen (secondary N) is 1. The lowest BCUT2D eigenvalue weighted by Crippen LogP contribution is -2.43. The van der Waals surface area contributed by atoms with Crippen LogP contribution in [-0.4, -0.2) is 41.4 Å². The van der Waals surface area contributed by atoms with E-state index in [2.05, 4.69) is 14.9 Å². The van der Waals surface area contributed by atoms with Crippen molar-refractivity contribution in [2.24, 2.45) is 5.92 Å². The van der Waals surface area contributed by atoms with Gasteiger partial charge in [0.1, 0.15) is 0 Å². The minimum atomic E-state index is -4.49. The molecule has 1 aromatic heterocycles. The number of sulfonamides is 1. The first-order valence-corrected chi connectivity index (χ1v) is 7.65. The summed E-state index contributed by atoms with van der Waals surface area (Å²) in [5.74, 6) is -1.09. The van der Waals surface area contributed by atoms with Gasteiger partial charge in [-0.05, 0) is 5.92 Å². The van der Waals surface area contributed by atoms with E-state index in [-0.39, 0.29) is 12.5 Å². The summed E-state index contributed by atoms with van der Waals surface area (Å²) in [4.78, 5) is 1.29. The van der Waals surface area contributed by atoms with Crippen LogP contribution in [-0.2, 0) is 16.6 Å². The molecule has 0 aromatic carbocycles. The van der Waals surface area contributed by atoms with Crippen molar-refractivity contribution < 1.29 is 21.6 Å². The van der Waals surface area contributed by atoms with Crippen LogP contribution in [0.2, 0.25) is 0 Å². The first kappa shape index (κ1) is 16.9. The smallest absolute Gasteiger partial charge is 0.212 e. The molecule has 0 amide bonds. The Hall–Kier alpha value is -1.16. The van der Waals surface area contributed by atoms with Crippen molar-refractivity contribution in [2.75, 3.05) is 5.75 Å². The molecule has 0 aliphatic carbocycles. The van der Waals surface area contributed by atoms with Crippen LogP contribution in [0.5, 0.6) is 0 Å². The number of rotatable bonds is 7. The Morgan fingerprint density at radius 1 is 1.25 bits per heavy atom. The van der Waals surface area contributed by atoms with Gasteiger partial charge in [-0.25, -0.2) is 13.1 Å². The molecule has 1 N–H and O–H groups in total. The Bertz CT molecular complexity index is 499. The molecular formula is C10H17F3N4O2S. The van der Waals surface area contributed by atoms with Crippen molar-refractivity contribution in [3.63, 3.8) is 0 Å². The first-order valence-electron chi connectivity index (χ1n) is 6.00. The second-order valence-corrected chi connectivity index (χ2v) is 6.61. The van der Waals surface area contributed by atoms with Gasteiger partial charge in [-0.1, -0.05) is 13.8 Å². The van der Waals surface area contributed by atoms with Crippen LogP contribution in [0.25, 0.3) is 0 Å². The summed E-state index contributed by atoms with van der Waals surface area (Å²) in [5, 5.41) is 7.69. The topological polar surface area (TPSA) is 76.9 Å². The number of hydrogen-bond donors (Lipinski definition) is 1. The SMILES string of the molecule is CC(C)[C@H](Cn1nccn1)NS(=O)(=O)CCC(F)(F)F. The lowest BCUT2D eigenvalue weighted by molar-refractivity contribution is -0.130. The quantitative estimate of drug-likeness (QED) is 0.820. The van der Waals surface area contributed by atoms with E-state index >= 15 is 0 Å². The molecule has 20 heavy (non-hydrogen) atoms. The fourth-order valence-electron chi connectivity index (χ4n) is 1.44. The third-order valence-corrected chi connectivity index (χ3v) is 4.02. The van der Waals surface area contributed by atoms with Gasteiger partial charge in [-0.15, -0.1) is 0 Å². The molecule has 1 rings (SSSR count). The van der Waals surface area contributed by atoms with Gasteiger partial charge in [-0.2, -0.15) is 28.2 Å². The Balaban J connectivity index is 2.65. The molecule has 116 valence electrons. The van der Waals surface area contributed by atoms with Gasteiger partial charge in [0.2, 0.25) is 10.0 Å². The van der Waals surface area contributed by atoms with Crippen LogP contribution >= 0.6 is 0 Å². The average molecular weight is 314 g/mol. The molecule has 0 saturated carbocycles. The van der Waals surface area contributed by atoms with E-state index in [4.69, 9.17) is 0 Å². The van der Waals surface area contributed by atoms with Crippen LogP contribution < -0.4 is 4.72 Å². The maximum Gasteiger partial charge on any atom is 0.390 e. The van der Waals surface area contributed by atoms with Gasteiger partial charge in [0.25, 0.3) is 0 Å². The van der Waals surface area contributed by atoms with Crippen molar-refractivity contribution in [1.29, 1.82) is 0 Å². The zero-order valence-electron chi connectivity index (χ0n) is 11.1. The van der Waals surface area contributed by atoms with Crippen LogP contribution in [0, 0.1) is 5.92 Å². The fraction of sp³-hybridized carbons (Fsp3) is 0.800. The van der Waals surface area contributed by atoms with E-state index < -0.39 is 34.4 Å². The highest BCUT2D eigenvalue weighted by atomic mass is 32.2. The van der Waals surface area contributed by atoms with E-state index in [1.165, 1.54) is 17.2 Å². The molecule has 10 heteroatoms. The molecule has 0 unspecified atom stereocenters. The second kappa shape index (κ2) is 6.53. The molecular weight excluding hydrogens is 297 g/mol. The van der Waals surface area contributed by atoms with Crippen LogP contribution in [0.15, 0.2) is 12.4 Å². The monoisotopic (exact) mass is 314 g/mol. The van der Waals surface area contributed by atoms with Gasteiger partial charge < -0.3 is 0 Å². The summed E-state index contributed by atoms with van der Waals surface area (Å²) < 4.78 is 61.8. The third-order valence-electron chi connectivity index (χ3n) is 2.62. The van der Waals surface area contributed by atoms with Crippen LogP contribution in [0.4, 0.5) is 13.2 Å². The van der Waals surface area contributed by atoms with Gasteiger partial charge in [-0.3, -0.25) is 0 Å². The highest BCUT2D eigenvalue weighted by molar-refractivity contribution is 7.89. The Morgan fingerprint density at radius 3 is 2.25 bits per heavy atom. The van der Waals surface area contributed by atoms with Crippen molar-refractivity contribution in [3.05, 3.63) is 12.4 Å². The van der Waals surface area contributed by atoms with Crippen LogP contribution in [0.3, 0.4) is 0 Å². The standard InChI is InChI=1S/C10H17F3N4O2S/c1-8(2)9(7-17-14-4-5-15-17)16-20(18,19)6-3-10(11,12)13/h4-5,8-9,16H,3,6-7H2,1-2H3/t9-/m0/s1. The maximum atomic E-state index is 12.1. The molecule has 0 bridgehead atoms. The molecule has 1 aromatic rings. The van der Waals surface area contributed by atoms with Crippen molar-refractivity contribution >= 4 is 10.0 Å². The van der Waals surface area contributed by atoms with Crippen molar-refractivity contribution in [2.45, 2.75) is 39.0 Å². The summed E-state index contributed by atoms with van der Waals surface area (Å²) in [6.07, 6.45) is -2.98. The van der Waals surface area contributed by atoms with Gasteiger partial charge in [0.05, 0.1) is 31.1 Å².